The van der Waals surface area contributed by atoms with Gasteiger partial charge >= 0.3 is 82.2 Å². The summed E-state index contributed by atoms with van der Waals surface area (Å²) in [5.74, 6) is 1.23. The monoisotopic (exact) mass is 477 g/mol. The number of hydrogen-bond donors (Lipinski definition) is 0. The molecule has 0 atom stereocenters. The van der Waals surface area contributed by atoms with Crippen LogP contribution in [0.15, 0.2) is 22.5 Å². The van der Waals surface area contributed by atoms with Crippen molar-refractivity contribution >= 4 is 27.8 Å². The Bertz CT molecular complexity index is 317. The molecule has 0 amide bonds. The first kappa shape index (κ1) is 30.5. The molecule has 28 heavy (non-hydrogen) atoms. The third kappa shape index (κ3) is 19.6. The van der Waals surface area contributed by atoms with Crippen molar-refractivity contribution < 1.29 is 4.48 Å². The second-order valence-electron chi connectivity index (χ2n) is 7.90. The van der Waals surface area contributed by atoms with E-state index in [-0.39, 0.29) is 0 Å². The minimum Gasteiger partial charge on any atom is -0.324 e. The second kappa shape index (κ2) is 23.6. The molecule has 168 valence electrons. The van der Waals surface area contributed by atoms with Gasteiger partial charge in [0.15, 0.2) is 0 Å². The zero-order chi connectivity index (χ0) is 21.5. The van der Waals surface area contributed by atoms with E-state index in [0.29, 0.717) is 0 Å². The van der Waals surface area contributed by atoms with Crippen LogP contribution in [0.25, 0.3) is 0 Å². The summed E-state index contributed by atoms with van der Waals surface area (Å²) in [5, 5.41) is 0. The number of quaternary nitrogens is 1. The summed E-state index contributed by atoms with van der Waals surface area (Å²) < 4.78 is 2.72. The molecule has 0 unspecified atom stereocenters. The number of nitrogens with zero attached hydrogens (tertiary/aromatic N) is 1. The van der Waals surface area contributed by atoms with E-state index in [0.717, 1.165) is 6.42 Å². The van der Waals surface area contributed by atoms with Gasteiger partial charge in [0, 0.05) is 0 Å². The van der Waals surface area contributed by atoms with Crippen LogP contribution in [0.4, 0.5) is 0 Å². The van der Waals surface area contributed by atoms with Gasteiger partial charge in [0.1, 0.15) is 0 Å². The van der Waals surface area contributed by atoms with E-state index in [9.17, 15) is 0 Å². The molecule has 1 nitrogen and oxygen atoms in total. The minimum atomic E-state index is 0.974. The number of unbranched alkanes of at least 4 members (excludes halogenated alkanes) is 5. The van der Waals surface area contributed by atoms with E-state index in [1.807, 2.05) is 17.8 Å². The van der Waals surface area contributed by atoms with Crippen molar-refractivity contribution in [2.24, 2.45) is 0 Å². The summed E-state index contributed by atoms with van der Waals surface area (Å²) in [6.45, 7) is 20.9. The summed E-state index contributed by atoms with van der Waals surface area (Å²) in [5.41, 5.74) is 0. The van der Waals surface area contributed by atoms with Crippen LogP contribution in [0.2, 0.25) is 0 Å². The van der Waals surface area contributed by atoms with Crippen LogP contribution >= 0.6 is 11.8 Å². The molecule has 0 aromatic rings. The van der Waals surface area contributed by atoms with Gasteiger partial charge in [-0.1, -0.05) is 53.4 Å². The van der Waals surface area contributed by atoms with Crippen molar-refractivity contribution in [1.82, 2.24) is 0 Å². The number of hydrogen-bond acceptors (Lipinski definition) is 1. The molecule has 0 bridgehead atoms. The smallest absolute Gasteiger partial charge is 0.0786 e. The predicted molar refractivity (Wildman–Crippen MR) is 135 cm³/mol. The topological polar surface area (TPSA) is 0 Å². The standard InChI is InChI=1S/C16H36N.C9H16SSe/c1-5-9-13-17(14-10-6-2,15-11-7-3)16-12-8-4;1-3-5-7-9(11)10-8-6-4-2/h5-16H2,1-4H3;3,7,11H,1,4-6,8H2,2H3/q+1;/p-1/b;9-7-. The molecule has 0 N–H and O–H groups in total. The SMILES string of the molecule is C=CC/C=C(\[Se-])SCCCC.CCCC[N+](CCCC)(CCCC)CCCC. The van der Waals surface area contributed by atoms with Gasteiger partial charge in [-0.25, -0.2) is 0 Å². The molecule has 0 spiro atoms. The molecular weight excluding hydrogens is 425 g/mol. The van der Waals surface area contributed by atoms with E-state index in [4.69, 9.17) is 0 Å². The van der Waals surface area contributed by atoms with Gasteiger partial charge in [0.25, 0.3) is 0 Å². The zero-order valence-corrected chi connectivity index (χ0v) is 22.5. The van der Waals surface area contributed by atoms with E-state index >= 15 is 0 Å². The average Bonchev–Trinajstić information content (AvgIpc) is 2.72. The largest absolute Gasteiger partial charge is 0.324 e. The maximum Gasteiger partial charge on any atom is 0.0786 e. The third-order valence-electron chi connectivity index (χ3n) is 5.14. The molecular formula is C25H51NSSe. The first-order valence-corrected chi connectivity index (χ1v) is 13.9. The molecule has 3 heteroatoms. The fraction of sp³-hybridized carbons (Fsp3) is 0.840. The predicted octanol–water partition coefficient (Wildman–Crippen LogP) is 8.11. The van der Waals surface area contributed by atoms with Crippen molar-refractivity contribution in [3.05, 3.63) is 22.5 Å². The quantitative estimate of drug-likeness (QED) is 0.0833. The average molecular weight is 477 g/mol. The van der Waals surface area contributed by atoms with Crippen molar-refractivity contribution in [2.45, 2.75) is 105 Å². The van der Waals surface area contributed by atoms with E-state index < -0.39 is 0 Å². The van der Waals surface area contributed by atoms with Gasteiger partial charge in [-0.2, -0.15) is 0 Å². The van der Waals surface area contributed by atoms with E-state index in [1.54, 1.807) is 0 Å². The van der Waals surface area contributed by atoms with Crippen molar-refractivity contribution in [3.8, 4) is 0 Å². The van der Waals surface area contributed by atoms with Crippen LogP contribution in [0.5, 0.6) is 0 Å². The van der Waals surface area contributed by atoms with Crippen LogP contribution in [0.3, 0.4) is 0 Å². The van der Waals surface area contributed by atoms with Crippen molar-refractivity contribution in [2.75, 3.05) is 31.9 Å². The molecule has 0 aliphatic rings. The Kier molecular flexibility index (Phi) is 25.7. The van der Waals surface area contributed by atoms with Gasteiger partial charge in [-0.3, -0.25) is 0 Å². The maximum absolute atomic E-state index is 3.66. The Morgan fingerprint density at radius 3 is 1.46 bits per heavy atom. The van der Waals surface area contributed by atoms with Gasteiger partial charge in [-0.15, -0.1) is 0 Å². The van der Waals surface area contributed by atoms with Crippen molar-refractivity contribution in [3.63, 3.8) is 0 Å². The van der Waals surface area contributed by atoms with E-state index in [2.05, 4.69) is 63.3 Å². The van der Waals surface area contributed by atoms with Crippen LogP contribution in [-0.2, 0) is 0 Å². The Balaban J connectivity index is 0. The van der Waals surface area contributed by atoms with Gasteiger partial charge in [-0.05, 0) is 25.7 Å². The van der Waals surface area contributed by atoms with Crippen LogP contribution in [0, 0.1) is 0 Å². The van der Waals surface area contributed by atoms with Crippen LogP contribution in [-0.4, -0.2) is 52.4 Å². The normalized spacial score (nSPS) is 11.8. The van der Waals surface area contributed by atoms with Crippen LogP contribution < -0.4 is 0 Å². The Morgan fingerprint density at radius 1 is 0.750 bits per heavy atom. The Hall–Kier alpha value is 0.309. The molecule has 0 aliphatic carbocycles. The number of rotatable bonds is 18. The number of thioether (sulfide) groups is 1. The molecule has 0 rings (SSSR count). The molecule has 0 radical (unpaired) electrons. The summed E-state index contributed by atoms with van der Waals surface area (Å²) in [6, 6.07) is 0. The summed E-state index contributed by atoms with van der Waals surface area (Å²) in [6.07, 6.45) is 18.7. The van der Waals surface area contributed by atoms with Gasteiger partial charge in [0.2, 0.25) is 0 Å². The molecule has 0 fully saturated rings. The van der Waals surface area contributed by atoms with E-state index in [1.165, 1.54) is 104 Å². The fourth-order valence-corrected chi connectivity index (χ4v) is 4.78. The summed E-state index contributed by atoms with van der Waals surface area (Å²) in [7, 11) is 0. The molecule has 0 saturated carbocycles. The third-order valence-corrected chi connectivity index (χ3v) is 7.17. The van der Waals surface area contributed by atoms with Gasteiger partial charge in [0.05, 0.1) is 26.2 Å². The minimum absolute atomic E-state index is 0.974. The molecule has 0 aromatic heterocycles. The number of allylic oxidation sites excluding steroid dienone is 2. The van der Waals surface area contributed by atoms with Gasteiger partial charge < -0.3 is 4.48 Å². The first-order valence-electron chi connectivity index (χ1n) is 12.0. The Labute approximate surface area is 191 Å². The molecule has 0 saturated heterocycles. The Morgan fingerprint density at radius 2 is 1.14 bits per heavy atom. The fourth-order valence-electron chi connectivity index (χ4n) is 3.20. The molecule has 0 aliphatic heterocycles. The zero-order valence-electron chi connectivity index (χ0n) is 19.9. The molecule has 0 aromatic carbocycles. The summed E-state index contributed by atoms with van der Waals surface area (Å²) >= 11 is 4.95. The summed E-state index contributed by atoms with van der Waals surface area (Å²) in [4.78, 5) is 0. The van der Waals surface area contributed by atoms with Crippen molar-refractivity contribution in [1.29, 1.82) is 0 Å². The van der Waals surface area contributed by atoms with Crippen LogP contribution in [0.1, 0.15) is 105 Å². The molecule has 0 heterocycles. The first-order chi connectivity index (χ1) is 13.6. The second-order valence-corrected chi connectivity index (χ2v) is 10.5. The maximum atomic E-state index is 3.66.